The Morgan fingerprint density at radius 3 is 2.43 bits per heavy atom. The van der Waals surface area contributed by atoms with Crippen LogP contribution in [0.25, 0.3) is 0 Å². The van der Waals surface area contributed by atoms with Gasteiger partial charge in [-0.3, -0.25) is 14.0 Å². The summed E-state index contributed by atoms with van der Waals surface area (Å²) in [4.78, 5) is 14.9. The second kappa shape index (κ2) is 9.16. The summed E-state index contributed by atoms with van der Waals surface area (Å²) in [6.45, 7) is 5.25. The molecule has 2 aliphatic heterocycles. The minimum atomic E-state index is -3.21. The van der Waals surface area contributed by atoms with Crippen molar-refractivity contribution in [2.24, 2.45) is 0 Å². The van der Waals surface area contributed by atoms with Crippen LogP contribution in [-0.4, -0.2) is 57.8 Å². The molecule has 0 aromatic heterocycles. The van der Waals surface area contributed by atoms with Crippen LogP contribution in [0, 0.1) is 0 Å². The first-order chi connectivity index (χ1) is 14.5. The molecule has 2 saturated heterocycles. The van der Waals surface area contributed by atoms with Gasteiger partial charge in [-0.05, 0) is 41.8 Å². The lowest BCUT2D eigenvalue weighted by Gasteiger charge is -2.26. The third-order valence-corrected chi connectivity index (χ3v) is 7.34. The number of sulfonamides is 1. The van der Waals surface area contributed by atoms with Crippen LogP contribution in [0.1, 0.15) is 27.9 Å². The fourth-order valence-corrected chi connectivity index (χ4v) is 5.41. The summed E-state index contributed by atoms with van der Waals surface area (Å²) in [6.07, 6.45) is 0.634. The number of nitrogens with one attached hydrogen (secondary N) is 1. The smallest absolute Gasteiger partial charge is 0.251 e. The molecule has 2 aliphatic rings. The maximum Gasteiger partial charge on any atom is 0.251 e. The Balaban J connectivity index is 1.34. The highest BCUT2D eigenvalue weighted by molar-refractivity contribution is 7.93. The highest BCUT2D eigenvalue weighted by Gasteiger charge is 2.28. The molecule has 0 bridgehead atoms. The van der Waals surface area contributed by atoms with Gasteiger partial charge in [0.25, 0.3) is 5.91 Å². The minimum absolute atomic E-state index is 0.176. The number of morpholine rings is 1. The summed E-state index contributed by atoms with van der Waals surface area (Å²) < 4.78 is 30.9. The van der Waals surface area contributed by atoms with Crippen molar-refractivity contribution in [3.63, 3.8) is 0 Å². The Labute approximate surface area is 177 Å². The van der Waals surface area contributed by atoms with Crippen molar-refractivity contribution in [1.82, 2.24) is 10.2 Å². The zero-order valence-corrected chi connectivity index (χ0v) is 17.7. The Morgan fingerprint density at radius 1 is 1.00 bits per heavy atom. The summed E-state index contributed by atoms with van der Waals surface area (Å²) in [7, 11) is -3.21. The molecular formula is C22H27N3O4S. The van der Waals surface area contributed by atoms with Gasteiger partial charge in [0.2, 0.25) is 10.0 Å². The molecule has 1 N–H and O–H groups in total. The van der Waals surface area contributed by atoms with Crippen molar-refractivity contribution < 1.29 is 17.9 Å². The molecule has 2 aromatic rings. The number of carbonyl (C=O) groups is 1. The first kappa shape index (κ1) is 20.8. The number of ether oxygens (including phenoxy) is 1. The monoisotopic (exact) mass is 429 g/mol. The second-order valence-corrected chi connectivity index (χ2v) is 9.69. The highest BCUT2D eigenvalue weighted by Crippen LogP contribution is 2.24. The highest BCUT2D eigenvalue weighted by atomic mass is 32.2. The van der Waals surface area contributed by atoms with E-state index in [1.54, 1.807) is 24.3 Å². The van der Waals surface area contributed by atoms with Crippen molar-refractivity contribution in [2.75, 3.05) is 42.9 Å². The van der Waals surface area contributed by atoms with Crippen molar-refractivity contribution in [3.8, 4) is 0 Å². The Kier molecular flexibility index (Phi) is 6.36. The molecule has 7 nitrogen and oxygen atoms in total. The van der Waals surface area contributed by atoms with E-state index in [-0.39, 0.29) is 11.7 Å². The maximum atomic E-state index is 12.5. The summed E-state index contributed by atoms with van der Waals surface area (Å²) >= 11 is 0. The van der Waals surface area contributed by atoms with Gasteiger partial charge >= 0.3 is 0 Å². The molecule has 0 atom stereocenters. The Morgan fingerprint density at radius 2 is 1.73 bits per heavy atom. The number of hydrogen-bond acceptors (Lipinski definition) is 5. The van der Waals surface area contributed by atoms with Crippen LogP contribution in [0.3, 0.4) is 0 Å². The standard InChI is InChI=1S/C22H27N3O4S/c26-22(20-5-7-21(8-6-20)25-9-2-14-30(25,27)28)23-16-18-3-1-4-19(15-18)17-24-10-12-29-13-11-24/h1,3-8,15H,2,9-14,16-17H2,(H,23,26). The summed E-state index contributed by atoms with van der Waals surface area (Å²) in [5, 5.41) is 2.95. The summed E-state index contributed by atoms with van der Waals surface area (Å²) in [5.74, 6) is 0.00393. The third kappa shape index (κ3) is 5.00. The first-order valence-corrected chi connectivity index (χ1v) is 11.9. The predicted molar refractivity (Wildman–Crippen MR) is 116 cm³/mol. The van der Waals surface area contributed by atoms with Crippen molar-refractivity contribution in [2.45, 2.75) is 19.5 Å². The van der Waals surface area contributed by atoms with Crippen molar-refractivity contribution in [1.29, 1.82) is 0 Å². The van der Waals surface area contributed by atoms with Gasteiger partial charge in [-0.25, -0.2) is 8.42 Å². The number of carbonyl (C=O) groups excluding carboxylic acids is 1. The molecular weight excluding hydrogens is 402 g/mol. The average Bonchev–Trinajstić information content (AvgIpc) is 3.12. The molecule has 8 heteroatoms. The van der Waals surface area contributed by atoms with E-state index in [0.29, 0.717) is 30.8 Å². The molecule has 0 radical (unpaired) electrons. The molecule has 0 spiro atoms. The molecule has 160 valence electrons. The fraction of sp³-hybridized carbons (Fsp3) is 0.409. The molecule has 4 rings (SSSR count). The van der Waals surface area contributed by atoms with Gasteiger partial charge in [0, 0.05) is 38.3 Å². The van der Waals surface area contributed by atoms with E-state index in [1.807, 2.05) is 12.1 Å². The Bertz CT molecular complexity index is 986. The van der Waals surface area contributed by atoms with Crippen LogP contribution >= 0.6 is 0 Å². The van der Waals surface area contributed by atoms with Crippen LogP contribution < -0.4 is 9.62 Å². The van der Waals surface area contributed by atoms with E-state index in [0.717, 1.165) is 38.4 Å². The van der Waals surface area contributed by atoms with Crippen molar-refractivity contribution >= 4 is 21.6 Å². The number of benzene rings is 2. The molecule has 0 saturated carbocycles. The van der Waals surface area contributed by atoms with E-state index >= 15 is 0 Å². The second-order valence-electron chi connectivity index (χ2n) is 7.68. The van der Waals surface area contributed by atoms with Crippen LogP contribution in [-0.2, 0) is 27.8 Å². The van der Waals surface area contributed by atoms with E-state index in [1.165, 1.54) is 9.87 Å². The number of amides is 1. The number of hydrogen-bond donors (Lipinski definition) is 1. The summed E-state index contributed by atoms with van der Waals surface area (Å²) in [6, 6.07) is 15.0. The molecule has 0 aliphatic carbocycles. The van der Waals surface area contributed by atoms with Crippen LogP contribution in [0.5, 0.6) is 0 Å². The quantitative estimate of drug-likeness (QED) is 0.760. The lowest BCUT2D eigenvalue weighted by Crippen LogP contribution is -2.35. The van der Waals surface area contributed by atoms with Crippen LogP contribution in [0.4, 0.5) is 5.69 Å². The molecule has 30 heavy (non-hydrogen) atoms. The topological polar surface area (TPSA) is 79.0 Å². The first-order valence-electron chi connectivity index (χ1n) is 10.3. The van der Waals surface area contributed by atoms with E-state index < -0.39 is 10.0 Å². The zero-order valence-electron chi connectivity index (χ0n) is 16.9. The third-order valence-electron chi connectivity index (χ3n) is 5.47. The van der Waals surface area contributed by atoms with Gasteiger partial charge in [-0.1, -0.05) is 24.3 Å². The van der Waals surface area contributed by atoms with Gasteiger partial charge in [-0.15, -0.1) is 0 Å². The van der Waals surface area contributed by atoms with Crippen LogP contribution in [0.15, 0.2) is 48.5 Å². The normalized spacial score (nSPS) is 19.0. The van der Waals surface area contributed by atoms with Gasteiger partial charge in [0.1, 0.15) is 0 Å². The molecule has 1 amide bonds. The molecule has 2 fully saturated rings. The number of nitrogens with zero attached hydrogens (tertiary/aromatic N) is 2. The fourth-order valence-electron chi connectivity index (χ4n) is 3.85. The lowest BCUT2D eigenvalue weighted by atomic mass is 10.1. The van der Waals surface area contributed by atoms with Crippen molar-refractivity contribution in [3.05, 3.63) is 65.2 Å². The number of anilines is 1. The van der Waals surface area contributed by atoms with E-state index in [2.05, 4.69) is 22.3 Å². The largest absolute Gasteiger partial charge is 0.379 e. The van der Waals surface area contributed by atoms with E-state index in [9.17, 15) is 13.2 Å². The van der Waals surface area contributed by atoms with Gasteiger partial charge in [0.05, 0.1) is 24.7 Å². The molecule has 0 unspecified atom stereocenters. The maximum absolute atomic E-state index is 12.5. The zero-order chi connectivity index (χ0) is 21.0. The van der Waals surface area contributed by atoms with Gasteiger partial charge in [0.15, 0.2) is 0 Å². The number of rotatable bonds is 6. The van der Waals surface area contributed by atoms with Crippen LogP contribution in [0.2, 0.25) is 0 Å². The average molecular weight is 430 g/mol. The lowest BCUT2D eigenvalue weighted by molar-refractivity contribution is 0.0342. The molecule has 2 heterocycles. The summed E-state index contributed by atoms with van der Waals surface area (Å²) in [5.41, 5.74) is 3.40. The van der Waals surface area contributed by atoms with Gasteiger partial charge in [-0.2, -0.15) is 0 Å². The predicted octanol–water partition coefficient (Wildman–Crippen LogP) is 1.99. The Hall–Kier alpha value is -2.42. The van der Waals surface area contributed by atoms with E-state index in [4.69, 9.17) is 4.74 Å². The minimum Gasteiger partial charge on any atom is -0.379 e. The SMILES string of the molecule is O=C(NCc1cccc(CN2CCOCC2)c1)c1ccc(N2CCCS2(=O)=O)cc1. The van der Waals surface area contributed by atoms with Gasteiger partial charge < -0.3 is 10.1 Å². The molecule has 2 aromatic carbocycles.